The third-order valence-electron chi connectivity index (χ3n) is 1.83. The van der Waals surface area contributed by atoms with Crippen LogP contribution in [0, 0.1) is 0 Å². The number of hydrogen-bond acceptors (Lipinski definition) is 3. The first-order valence-electron chi connectivity index (χ1n) is 4.71. The van der Waals surface area contributed by atoms with E-state index in [1.165, 1.54) is 12.8 Å². The molecule has 5 heteroatoms. The van der Waals surface area contributed by atoms with Crippen LogP contribution in [0.1, 0.15) is 30.1 Å². The fourth-order valence-corrected chi connectivity index (χ4v) is 4.85. The average Bonchev–Trinajstić information content (AvgIpc) is 2.52. The maximum atomic E-state index is 11.8. The van der Waals surface area contributed by atoms with E-state index in [1.54, 1.807) is 23.1 Å². The van der Waals surface area contributed by atoms with Crippen molar-refractivity contribution in [3.05, 3.63) is 19.2 Å². The van der Waals surface area contributed by atoms with E-state index < -0.39 is 0 Å². The van der Waals surface area contributed by atoms with Gasteiger partial charge in [-0.3, -0.25) is 4.79 Å². The van der Waals surface area contributed by atoms with E-state index in [0.717, 1.165) is 18.9 Å². The molecule has 0 aliphatic rings. The number of thiophene rings is 1. The molecule has 1 aromatic heterocycles. The summed E-state index contributed by atoms with van der Waals surface area (Å²) in [5.74, 6) is 1.87. The zero-order valence-electron chi connectivity index (χ0n) is 8.39. The van der Waals surface area contributed by atoms with Crippen LogP contribution >= 0.6 is 55.0 Å². The molecule has 15 heavy (non-hydrogen) atoms. The van der Waals surface area contributed by atoms with E-state index >= 15 is 0 Å². The number of thioether (sulfide) groups is 1. The second kappa shape index (κ2) is 7.09. The van der Waals surface area contributed by atoms with E-state index in [4.69, 9.17) is 0 Å². The van der Waals surface area contributed by atoms with Crippen molar-refractivity contribution in [2.45, 2.75) is 19.8 Å². The van der Waals surface area contributed by atoms with Crippen molar-refractivity contribution in [1.29, 1.82) is 0 Å². The summed E-state index contributed by atoms with van der Waals surface area (Å²) >= 11 is 10.0. The van der Waals surface area contributed by atoms with Crippen molar-refractivity contribution in [1.82, 2.24) is 0 Å². The van der Waals surface area contributed by atoms with Gasteiger partial charge < -0.3 is 0 Å². The van der Waals surface area contributed by atoms with Crippen molar-refractivity contribution in [3.63, 3.8) is 0 Å². The Balaban J connectivity index is 2.43. The smallest absolute Gasteiger partial charge is 0.174 e. The van der Waals surface area contributed by atoms with Gasteiger partial charge in [-0.2, -0.15) is 11.8 Å². The monoisotopic (exact) mass is 370 g/mol. The zero-order chi connectivity index (χ0) is 11.3. The predicted octanol–water partition coefficient (Wildman–Crippen LogP) is 4.99. The summed E-state index contributed by atoms with van der Waals surface area (Å²) in [5, 5.41) is 0. The van der Waals surface area contributed by atoms with Crippen LogP contribution in [0.2, 0.25) is 0 Å². The second-order valence-electron chi connectivity index (χ2n) is 3.07. The number of hydrogen-bond donors (Lipinski definition) is 0. The molecule has 1 aromatic rings. The summed E-state index contributed by atoms with van der Waals surface area (Å²) < 4.78 is 1.92. The van der Waals surface area contributed by atoms with Crippen molar-refractivity contribution in [2.24, 2.45) is 0 Å². The molecule has 0 aromatic carbocycles. The summed E-state index contributed by atoms with van der Waals surface area (Å²) in [5.41, 5.74) is 0.802. The Morgan fingerprint density at radius 3 is 2.80 bits per heavy atom. The van der Waals surface area contributed by atoms with E-state index in [9.17, 15) is 4.79 Å². The highest BCUT2D eigenvalue weighted by Crippen LogP contribution is 2.32. The van der Waals surface area contributed by atoms with Crippen LogP contribution in [-0.2, 0) is 0 Å². The van der Waals surface area contributed by atoms with Gasteiger partial charge in [0.25, 0.3) is 0 Å². The predicted molar refractivity (Wildman–Crippen MR) is 76.3 cm³/mol. The topological polar surface area (TPSA) is 17.1 Å². The molecule has 0 aliphatic heterocycles. The van der Waals surface area contributed by atoms with Gasteiger partial charge in [0.1, 0.15) is 0 Å². The highest BCUT2D eigenvalue weighted by atomic mass is 79.9. The van der Waals surface area contributed by atoms with E-state index in [1.807, 2.05) is 6.07 Å². The number of ketones is 1. The molecule has 84 valence electrons. The van der Waals surface area contributed by atoms with Crippen molar-refractivity contribution in [2.75, 3.05) is 11.5 Å². The van der Waals surface area contributed by atoms with Gasteiger partial charge in [-0.1, -0.05) is 13.3 Å². The van der Waals surface area contributed by atoms with Gasteiger partial charge in [-0.25, -0.2) is 0 Å². The maximum absolute atomic E-state index is 11.8. The highest BCUT2D eigenvalue weighted by molar-refractivity contribution is 9.12. The molecular weight excluding hydrogens is 360 g/mol. The number of unbranched alkanes of at least 4 members (excludes halogenated alkanes) is 1. The Bertz CT molecular complexity index is 336. The fraction of sp³-hybridized carbons (Fsp3) is 0.500. The van der Waals surface area contributed by atoms with Crippen LogP contribution in [0.15, 0.2) is 13.6 Å². The molecule has 0 N–H and O–H groups in total. The van der Waals surface area contributed by atoms with Crippen LogP contribution in [0.25, 0.3) is 0 Å². The third kappa shape index (κ3) is 4.59. The normalized spacial score (nSPS) is 10.6. The van der Waals surface area contributed by atoms with Crippen LogP contribution in [0.3, 0.4) is 0 Å². The Morgan fingerprint density at radius 2 is 2.27 bits per heavy atom. The maximum Gasteiger partial charge on any atom is 0.174 e. The van der Waals surface area contributed by atoms with Crippen LogP contribution < -0.4 is 0 Å². The average molecular weight is 372 g/mol. The van der Waals surface area contributed by atoms with Gasteiger partial charge in [-0.15, -0.1) is 11.3 Å². The first-order valence-corrected chi connectivity index (χ1v) is 8.26. The summed E-state index contributed by atoms with van der Waals surface area (Å²) in [6.45, 7) is 2.16. The minimum Gasteiger partial charge on any atom is -0.293 e. The molecule has 0 atom stereocenters. The first-order chi connectivity index (χ1) is 7.15. The van der Waals surface area contributed by atoms with E-state index in [-0.39, 0.29) is 5.78 Å². The minimum absolute atomic E-state index is 0.213. The SMILES string of the molecule is CCCCSCC(=O)c1cc(Br)sc1Br. The number of rotatable bonds is 6. The first kappa shape index (κ1) is 13.7. The molecule has 1 nitrogen and oxygen atoms in total. The number of Topliss-reactive ketones (excluding diaryl/α,β-unsaturated/α-hetero) is 1. The molecule has 0 bridgehead atoms. The molecule has 0 spiro atoms. The number of carbonyl (C=O) groups excluding carboxylic acids is 1. The van der Waals surface area contributed by atoms with Crippen molar-refractivity contribution < 1.29 is 4.79 Å². The Kier molecular flexibility index (Phi) is 6.50. The van der Waals surface area contributed by atoms with Gasteiger partial charge in [0.05, 0.1) is 13.3 Å². The fourth-order valence-electron chi connectivity index (χ4n) is 1.02. The van der Waals surface area contributed by atoms with Crippen molar-refractivity contribution in [3.8, 4) is 0 Å². The van der Waals surface area contributed by atoms with E-state index in [2.05, 4.69) is 38.8 Å². The molecule has 0 amide bonds. The lowest BCUT2D eigenvalue weighted by molar-refractivity contribution is 0.102. The standard InChI is InChI=1S/C10H12Br2OS2/c1-2-3-4-14-6-8(13)7-5-9(11)15-10(7)12/h5H,2-4,6H2,1H3. The summed E-state index contributed by atoms with van der Waals surface area (Å²) in [7, 11) is 0. The quantitative estimate of drug-likeness (QED) is 0.517. The minimum atomic E-state index is 0.213. The Morgan fingerprint density at radius 1 is 1.53 bits per heavy atom. The van der Waals surface area contributed by atoms with E-state index in [0.29, 0.717) is 5.75 Å². The lowest BCUT2D eigenvalue weighted by Crippen LogP contribution is -2.02. The molecule has 0 unspecified atom stereocenters. The Hall–Kier alpha value is 0.680. The molecular formula is C10H12Br2OS2. The van der Waals surface area contributed by atoms with Gasteiger partial charge in [0.2, 0.25) is 0 Å². The van der Waals surface area contributed by atoms with Crippen LogP contribution in [-0.4, -0.2) is 17.3 Å². The lowest BCUT2D eigenvalue weighted by Gasteiger charge is -1.99. The second-order valence-corrected chi connectivity index (χ2v) is 7.92. The molecule has 1 heterocycles. The molecule has 0 fully saturated rings. The molecule has 0 aliphatic carbocycles. The summed E-state index contributed by atoms with van der Waals surface area (Å²) in [4.78, 5) is 11.8. The lowest BCUT2D eigenvalue weighted by atomic mass is 10.2. The third-order valence-corrected chi connectivity index (χ3v) is 5.22. The van der Waals surface area contributed by atoms with Gasteiger partial charge in [0.15, 0.2) is 5.78 Å². The summed E-state index contributed by atoms with van der Waals surface area (Å²) in [6, 6.07) is 1.89. The molecule has 0 saturated heterocycles. The Labute approximate surface area is 115 Å². The van der Waals surface area contributed by atoms with Gasteiger partial charge in [-0.05, 0) is 50.1 Å². The molecule has 0 radical (unpaired) electrons. The number of halogens is 2. The zero-order valence-corrected chi connectivity index (χ0v) is 13.2. The highest BCUT2D eigenvalue weighted by Gasteiger charge is 2.13. The molecule has 1 rings (SSSR count). The van der Waals surface area contributed by atoms with Crippen LogP contribution in [0.4, 0.5) is 0 Å². The van der Waals surface area contributed by atoms with Crippen molar-refractivity contribution >= 4 is 60.7 Å². The van der Waals surface area contributed by atoms with Gasteiger partial charge in [0, 0.05) is 5.56 Å². The summed E-state index contributed by atoms with van der Waals surface area (Å²) in [6.07, 6.45) is 2.38. The van der Waals surface area contributed by atoms with Gasteiger partial charge >= 0.3 is 0 Å². The number of carbonyl (C=O) groups is 1. The molecule has 0 saturated carbocycles. The largest absolute Gasteiger partial charge is 0.293 e. The van der Waals surface area contributed by atoms with Crippen LogP contribution in [0.5, 0.6) is 0 Å².